The Labute approximate surface area is 214 Å². The molecule has 1 N–H and O–H groups in total. The second-order valence-electron chi connectivity index (χ2n) is 8.48. The van der Waals surface area contributed by atoms with Crippen LogP contribution in [0.15, 0.2) is 76.6 Å². The van der Waals surface area contributed by atoms with E-state index in [0.717, 1.165) is 22.9 Å². The van der Waals surface area contributed by atoms with Gasteiger partial charge in [-0.15, -0.1) is 0 Å². The predicted octanol–water partition coefficient (Wildman–Crippen LogP) is 5.20. The highest BCUT2D eigenvalue weighted by molar-refractivity contribution is 7.90. The summed E-state index contributed by atoms with van der Waals surface area (Å²) in [5, 5.41) is 2.97. The van der Waals surface area contributed by atoms with Crippen molar-refractivity contribution in [1.29, 1.82) is 0 Å². The van der Waals surface area contributed by atoms with Crippen LogP contribution >= 0.6 is 11.6 Å². The summed E-state index contributed by atoms with van der Waals surface area (Å²) in [6.45, 7) is 4.54. The Morgan fingerprint density at radius 3 is 2.53 bits per heavy atom. The Morgan fingerprint density at radius 1 is 1.06 bits per heavy atom. The first-order valence-electron chi connectivity index (χ1n) is 11.1. The number of hydrogen-bond acceptors (Lipinski definition) is 7. The van der Waals surface area contributed by atoms with Crippen molar-refractivity contribution in [1.82, 2.24) is 9.97 Å². The van der Waals surface area contributed by atoms with Gasteiger partial charge in [0.25, 0.3) is 5.91 Å². The molecule has 0 spiro atoms. The van der Waals surface area contributed by atoms with Gasteiger partial charge >= 0.3 is 0 Å². The second kappa shape index (κ2) is 10.5. The van der Waals surface area contributed by atoms with E-state index in [2.05, 4.69) is 15.3 Å². The number of benzene rings is 2. The normalized spacial score (nSPS) is 11.3. The average molecular weight is 525 g/mol. The predicted molar refractivity (Wildman–Crippen MR) is 139 cm³/mol. The fourth-order valence-corrected chi connectivity index (χ4v) is 4.33. The standard InChI is InChI=1S/C26H25ClN4O4S/c1-17-9-10-21(12-18(17)2)29-25(32)24-23(14-28-26(30-24)36(3,33)34)31(16-22-8-5-11-35-22)15-19-6-4-7-20(27)13-19/h4-14H,15-16H2,1-3H3,(H,29,32). The molecule has 1 amide bonds. The highest BCUT2D eigenvalue weighted by Crippen LogP contribution is 2.26. The molecule has 0 aliphatic heterocycles. The minimum atomic E-state index is -3.76. The fourth-order valence-electron chi connectivity index (χ4n) is 3.62. The molecule has 4 rings (SSSR count). The van der Waals surface area contributed by atoms with Crippen molar-refractivity contribution >= 4 is 38.7 Å². The minimum Gasteiger partial charge on any atom is -0.467 e. The smallest absolute Gasteiger partial charge is 0.276 e. The molecule has 0 saturated heterocycles. The summed E-state index contributed by atoms with van der Waals surface area (Å²) < 4.78 is 30.0. The lowest BCUT2D eigenvalue weighted by Gasteiger charge is -2.25. The number of sulfone groups is 1. The van der Waals surface area contributed by atoms with Crippen LogP contribution in [0.3, 0.4) is 0 Å². The lowest BCUT2D eigenvalue weighted by molar-refractivity contribution is 0.102. The van der Waals surface area contributed by atoms with Crippen LogP contribution in [0.25, 0.3) is 0 Å². The van der Waals surface area contributed by atoms with Crippen LogP contribution in [0.2, 0.25) is 5.02 Å². The zero-order valence-electron chi connectivity index (χ0n) is 20.0. The molecular weight excluding hydrogens is 500 g/mol. The third-order valence-corrected chi connectivity index (χ3v) is 6.68. The second-order valence-corrected chi connectivity index (χ2v) is 10.8. The highest BCUT2D eigenvalue weighted by Gasteiger charge is 2.24. The van der Waals surface area contributed by atoms with Gasteiger partial charge in [0.2, 0.25) is 15.0 Å². The lowest BCUT2D eigenvalue weighted by Crippen LogP contribution is -2.27. The summed E-state index contributed by atoms with van der Waals surface area (Å²) >= 11 is 6.19. The molecule has 0 aliphatic carbocycles. The first-order valence-corrected chi connectivity index (χ1v) is 13.3. The maximum absolute atomic E-state index is 13.5. The number of carbonyl (C=O) groups is 1. The van der Waals surface area contributed by atoms with E-state index >= 15 is 0 Å². The molecule has 0 aliphatic rings. The van der Waals surface area contributed by atoms with Crippen molar-refractivity contribution in [3.05, 3.63) is 100 Å². The summed E-state index contributed by atoms with van der Waals surface area (Å²) in [5.74, 6) is 0.0841. The monoisotopic (exact) mass is 524 g/mol. The molecule has 0 fully saturated rings. The van der Waals surface area contributed by atoms with E-state index < -0.39 is 20.9 Å². The Balaban J connectivity index is 1.79. The quantitative estimate of drug-likeness (QED) is 0.316. The maximum Gasteiger partial charge on any atom is 0.276 e. The number of hydrogen-bond donors (Lipinski definition) is 1. The minimum absolute atomic E-state index is 0.0720. The molecule has 10 heteroatoms. The van der Waals surface area contributed by atoms with Crippen LogP contribution < -0.4 is 10.2 Å². The van der Waals surface area contributed by atoms with E-state index in [1.165, 1.54) is 6.20 Å². The highest BCUT2D eigenvalue weighted by atomic mass is 35.5. The SMILES string of the molecule is Cc1ccc(NC(=O)c2nc(S(C)(=O)=O)ncc2N(Cc2cccc(Cl)c2)Cc2ccco2)cc1C. The molecule has 0 saturated carbocycles. The molecule has 186 valence electrons. The van der Waals surface area contributed by atoms with Gasteiger partial charge in [0, 0.05) is 23.5 Å². The topological polar surface area (TPSA) is 105 Å². The van der Waals surface area contributed by atoms with E-state index in [1.54, 1.807) is 24.5 Å². The van der Waals surface area contributed by atoms with Gasteiger partial charge in [-0.2, -0.15) is 0 Å². The van der Waals surface area contributed by atoms with Crippen LogP contribution in [-0.2, 0) is 22.9 Å². The number of aromatic nitrogens is 2. The average Bonchev–Trinajstić information content (AvgIpc) is 3.33. The van der Waals surface area contributed by atoms with Crippen LogP contribution in [-0.4, -0.2) is 30.5 Å². The van der Waals surface area contributed by atoms with Crippen molar-refractivity contribution in [2.75, 3.05) is 16.5 Å². The third-order valence-electron chi connectivity index (χ3n) is 5.59. The molecule has 2 heterocycles. The number of furan rings is 1. The fraction of sp³-hybridized carbons (Fsp3) is 0.192. The molecule has 8 nitrogen and oxygen atoms in total. The van der Waals surface area contributed by atoms with E-state index in [-0.39, 0.29) is 12.2 Å². The number of halogens is 1. The largest absolute Gasteiger partial charge is 0.467 e. The van der Waals surface area contributed by atoms with Gasteiger partial charge in [0.05, 0.1) is 24.7 Å². The molecule has 0 radical (unpaired) electrons. The first-order chi connectivity index (χ1) is 17.1. The number of anilines is 2. The number of nitrogens with one attached hydrogen (secondary N) is 1. The van der Waals surface area contributed by atoms with Crippen molar-refractivity contribution in [2.24, 2.45) is 0 Å². The van der Waals surface area contributed by atoms with E-state index in [1.807, 2.05) is 55.1 Å². The van der Waals surface area contributed by atoms with E-state index in [4.69, 9.17) is 16.0 Å². The molecule has 0 atom stereocenters. The number of nitrogens with zero attached hydrogens (tertiary/aromatic N) is 3. The maximum atomic E-state index is 13.5. The van der Waals surface area contributed by atoms with Crippen molar-refractivity contribution in [2.45, 2.75) is 32.1 Å². The summed E-state index contributed by atoms with van der Waals surface area (Å²) in [6.07, 6.45) is 3.91. The molecular formula is C26H25ClN4O4S. The zero-order valence-corrected chi connectivity index (χ0v) is 21.6. The van der Waals surface area contributed by atoms with Crippen LogP contribution in [0.4, 0.5) is 11.4 Å². The van der Waals surface area contributed by atoms with E-state index in [9.17, 15) is 13.2 Å². The van der Waals surface area contributed by atoms with Crippen molar-refractivity contribution in [3.63, 3.8) is 0 Å². The van der Waals surface area contributed by atoms with Crippen LogP contribution in [0.5, 0.6) is 0 Å². The Kier molecular flexibility index (Phi) is 7.42. The van der Waals surface area contributed by atoms with Gasteiger partial charge in [0.15, 0.2) is 5.69 Å². The Hall–Kier alpha value is -3.69. The Morgan fingerprint density at radius 2 is 1.86 bits per heavy atom. The van der Waals surface area contributed by atoms with Gasteiger partial charge in [-0.25, -0.2) is 18.4 Å². The third kappa shape index (κ3) is 6.10. The van der Waals surface area contributed by atoms with Gasteiger partial charge < -0.3 is 14.6 Å². The number of aryl methyl sites for hydroxylation is 2. The van der Waals surface area contributed by atoms with Crippen molar-refractivity contribution < 1.29 is 17.6 Å². The van der Waals surface area contributed by atoms with Gasteiger partial charge in [-0.05, 0) is 66.9 Å². The van der Waals surface area contributed by atoms with Crippen LogP contribution in [0, 0.1) is 13.8 Å². The number of amides is 1. The summed E-state index contributed by atoms with van der Waals surface area (Å²) in [5.41, 5.74) is 3.81. The molecule has 4 aromatic rings. The molecule has 0 unspecified atom stereocenters. The van der Waals surface area contributed by atoms with Gasteiger partial charge in [-0.1, -0.05) is 29.8 Å². The van der Waals surface area contributed by atoms with Crippen molar-refractivity contribution in [3.8, 4) is 0 Å². The van der Waals surface area contributed by atoms with Gasteiger partial charge in [-0.3, -0.25) is 4.79 Å². The summed E-state index contributed by atoms with van der Waals surface area (Å²) in [6, 6.07) is 16.4. The number of carbonyl (C=O) groups excluding carboxylic acids is 1. The van der Waals surface area contributed by atoms with E-state index in [0.29, 0.717) is 28.7 Å². The molecule has 0 bridgehead atoms. The molecule has 36 heavy (non-hydrogen) atoms. The molecule has 2 aromatic heterocycles. The van der Waals surface area contributed by atoms with Crippen LogP contribution in [0.1, 0.15) is 32.9 Å². The lowest BCUT2D eigenvalue weighted by atomic mass is 10.1. The molecule has 2 aromatic carbocycles. The summed E-state index contributed by atoms with van der Waals surface area (Å²) in [4.78, 5) is 23.5. The zero-order chi connectivity index (χ0) is 25.9. The number of rotatable bonds is 8. The Bertz CT molecular complexity index is 1500. The first kappa shape index (κ1) is 25.4. The van der Waals surface area contributed by atoms with Gasteiger partial charge in [0.1, 0.15) is 5.76 Å². The summed E-state index contributed by atoms with van der Waals surface area (Å²) in [7, 11) is -3.76.